The first-order chi connectivity index (χ1) is 21.6. The third-order valence-electron chi connectivity index (χ3n) is 7.55. The van der Waals surface area contributed by atoms with E-state index >= 15 is 4.39 Å². The smallest absolute Gasteiger partial charge is 0.342 e. The minimum atomic E-state index is -2.01. The van der Waals surface area contributed by atoms with Gasteiger partial charge in [0.1, 0.15) is 17.7 Å². The number of aromatic nitrogens is 5. The van der Waals surface area contributed by atoms with Crippen molar-refractivity contribution in [2.24, 2.45) is 0 Å². The number of imidazole rings is 1. The van der Waals surface area contributed by atoms with Gasteiger partial charge in [-0.05, 0) is 40.4 Å². The number of fused-ring (bicyclic) bond motifs is 1. The highest BCUT2D eigenvalue weighted by Crippen LogP contribution is 2.37. The van der Waals surface area contributed by atoms with E-state index in [2.05, 4.69) is 19.9 Å². The molecule has 0 saturated carbocycles. The molecule has 0 aliphatic carbocycles. The fourth-order valence-corrected chi connectivity index (χ4v) is 5.96. The molecule has 1 aliphatic rings. The number of benzene rings is 2. The first-order valence-corrected chi connectivity index (χ1v) is 14.7. The number of ether oxygens (including phenoxy) is 2. The van der Waals surface area contributed by atoms with E-state index in [1.807, 2.05) is 0 Å². The maximum Gasteiger partial charge on any atom is 0.342 e. The third kappa shape index (κ3) is 5.71. The first-order valence-electron chi connectivity index (χ1n) is 13.4. The second-order valence-electron chi connectivity index (χ2n) is 10.3. The highest BCUT2D eigenvalue weighted by Gasteiger charge is 2.49. The number of nitrogens with zero attached hydrogens (tertiary/aromatic N) is 5. The predicted molar refractivity (Wildman–Crippen MR) is 159 cm³/mol. The van der Waals surface area contributed by atoms with Gasteiger partial charge in [0.05, 0.1) is 29.7 Å². The number of hydrogen-bond acceptors (Lipinski definition) is 11. The summed E-state index contributed by atoms with van der Waals surface area (Å²) < 4.78 is 28.5. The number of aliphatic carboxylic acids is 1. The molecule has 1 aliphatic heterocycles. The summed E-state index contributed by atoms with van der Waals surface area (Å²) in [6.45, 7) is -0.500. The molecule has 0 radical (unpaired) electrons. The number of carboxylic acids is 2. The Kier molecular flexibility index (Phi) is 8.20. The summed E-state index contributed by atoms with van der Waals surface area (Å²) in [7, 11) is 0. The quantitative estimate of drug-likeness (QED) is 0.160. The molecule has 5 aromatic rings. The van der Waals surface area contributed by atoms with Crippen LogP contribution in [0.3, 0.4) is 0 Å². The van der Waals surface area contributed by atoms with Crippen LogP contribution in [0.15, 0.2) is 65.7 Å². The molecule has 0 bridgehead atoms. The summed E-state index contributed by atoms with van der Waals surface area (Å²) in [5, 5.41) is 31.8. The summed E-state index contributed by atoms with van der Waals surface area (Å²) in [5.74, 6) is -2.39. The van der Waals surface area contributed by atoms with Gasteiger partial charge in [-0.3, -0.25) is 4.57 Å². The minimum Gasteiger partial charge on any atom is -0.479 e. The molecular formula is C29H24ClFN6O7S. The molecule has 5 N–H and O–H groups in total. The van der Waals surface area contributed by atoms with E-state index in [-0.39, 0.29) is 39.9 Å². The van der Waals surface area contributed by atoms with E-state index < -0.39 is 48.8 Å². The van der Waals surface area contributed by atoms with Crippen LogP contribution >= 0.6 is 22.9 Å². The summed E-state index contributed by atoms with van der Waals surface area (Å²) in [6.07, 6.45) is -5.22. The van der Waals surface area contributed by atoms with Gasteiger partial charge in [0, 0.05) is 11.8 Å². The van der Waals surface area contributed by atoms with Crippen molar-refractivity contribution in [1.29, 1.82) is 0 Å². The zero-order chi connectivity index (χ0) is 31.9. The highest BCUT2D eigenvalue weighted by molar-refractivity contribution is 7.07. The number of carboxylic acid groups (broad SMARTS) is 2. The SMILES string of the molecule is Nc1nc(Cl)nc2c1ncn2[C@@H]1O[C@H](CO[C@](Cc2ccc(-c3ccc(C(=O)O)cc3)cc2)(C(=O)O)c2cscn2)[C@@H](O)[C@@H]1F. The Balaban J connectivity index is 1.24. The molecular weight excluding hydrogens is 631 g/mol. The van der Waals surface area contributed by atoms with Crippen molar-refractivity contribution in [2.45, 2.75) is 36.6 Å². The number of aromatic carboxylic acids is 1. The Morgan fingerprint density at radius 3 is 2.40 bits per heavy atom. The van der Waals surface area contributed by atoms with Gasteiger partial charge < -0.3 is 30.5 Å². The van der Waals surface area contributed by atoms with E-state index in [1.54, 1.807) is 41.8 Å². The van der Waals surface area contributed by atoms with Crippen LogP contribution in [0.1, 0.15) is 27.8 Å². The Labute approximate surface area is 262 Å². The minimum absolute atomic E-state index is 0.0174. The van der Waals surface area contributed by atoms with Crippen molar-refractivity contribution in [3.8, 4) is 11.1 Å². The van der Waals surface area contributed by atoms with Crippen molar-refractivity contribution in [3.63, 3.8) is 0 Å². The van der Waals surface area contributed by atoms with Gasteiger partial charge in [-0.25, -0.2) is 23.9 Å². The third-order valence-corrected chi connectivity index (χ3v) is 8.30. The van der Waals surface area contributed by atoms with Gasteiger partial charge in [0.2, 0.25) is 10.9 Å². The number of anilines is 1. The number of rotatable bonds is 10. The van der Waals surface area contributed by atoms with Crippen LogP contribution in [-0.4, -0.2) is 76.7 Å². The lowest BCUT2D eigenvalue weighted by Gasteiger charge is -2.30. The molecule has 5 atom stereocenters. The second-order valence-corrected chi connectivity index (χ2v) is 11.3. The average Bonchev–Trinajstić information content (AvgIpc) is 3.77. The second kappa shape index (κ2) is 12.1. The lowest BCUT2D eigenvalue weighted by Crippen LogP contribution is -2.44. The molecule has 2 aromatic carbocycles. The first kappa shape index (κ1) is 30.5. The maximum absolute atomic E-state index is 15.4. The number of aliphatic hydroxyl groups excluding tert-OH is 1. The van der Waals surface area contributed by atoms with Crippen LogP contribution in [0, 0.1) is 0 Å². The van der Waals surface area contributed by atoms with Crippen LogP contribution in [-0.2, 0) is 26.3 Å². The van der Waals surface area contributed by atoms with E-state index in [0.29, 0.717) is 5.56 Å². The summed E-state index contributed by atoms with van der Waals surface area (Å²) in [5.41, 5.74) is 8.00. The normalized spacial score (nSPS) is 21.1. The largest absolute Gasteiger partial charge is 0.479 e. The fourth-order valence-electron chi connectivity index (χ4n) is 5.17. The average molecular weight is 655 g/mol. The summed E-state index contributed by atoms with van der Waals surface area (Å²) in [6, 6.07) is 13.4. The van der Waals surface area contributed by atoms with Crippen LogP contribution in [0.4, 0.5) is 10.2 Å². The van der Waals surface area contributed by atoms with Crippen molar-refractivity contribution in [3.05, 3.63) is 87.9 Å². The Morgan fingerprint density at radius 2 is 1.78 bits per heavy atom. The van der Waals surface area contributed by atoms with Crippen LogP contribution in [0.2, 0.25) is 5.28 Å². The Bertz CT molecular complexity index is 1860. The molecule has 0 spiro atoms. The maximum atomic E-state index is 15.4. The van der Waals surface area contributed by atoms with Gasteiger partial charge in [-0.1, -0.05) is 36.4 Å². The Hall–Kier alpha value is -4.54. The van der Waals surface area contributed by atoms with Crippen molar-refractivity contribution in [2.75, 3.05) is 12.3 Å². The molecule has 4 heterocycles. The highest BCUT2D eigenvalue weighted by atomic mass is 35.5. The van der Waals surface area contributed by atoms with Gasteiger partial charge in [0.25, 0.3) is 0 Å². The van der Waals surface area contributed by atoms with Crippen LogP contribution in [0.25, 0.3) is 22.3 Å². The van der Waals surface area contributed by atoms with Crippen LogP contribution < -0.4 is 5.73 Å². The molecule has 0 amide bonds. The molecule has 0 unspecified atom stereocenters. The lowest BCUT2D eigenvalue weighted by molar-refractivity contribution is -0.177. The molecule has 6 rings (SSSR count). The molecule has 45 heavy (non-hydrogen) atoms. The number of carbonyl (C=O) groups is 2. The molecule has 3 aromatic heterocycles. The molecule has 16 heteroatoms. The zero-order valence-electron chi connectivity index (χ0n) is 23.0. The van der Waals surface area contributed by atoms with Crippen molar-refractivity contribution < 1.29 is 38.8 Å². The number of alkyl halides is 1. The van der Waals surface area contributed by atoms with Gasteiger partial charge >= 0.3 is 11.9 Å². The monoisotopic (exact) mass is 654 g/mol. The molecule has 13 nitrogen and oxygen atoms in total. The molecule has 1 saturated heterocycles. The number of hydrogen-bond donors (Lipinski definition) is 4. The standard InChI is InChI=1S/C29H24ClFN6O7S/c30-28-35-23(32)21-24(36-28)37(12-33-21)25-20(31)22(38)18(44-25)10-43-29(27(41)42,19-11-45-13-34-19)9-14-1-3-15(4-2-14)16-5-7-17(8-6-16)26(39)40/h1-8,11-13,18,20,22,25,38H,9-10H2,(H,39,40)(H,41,42)(H2,32,35,36)/t18-,20+,22-,25-,29+/m1/s1. The topological polar surface area (TPSA) is 196 Å². The van der Waals surface area contributed by atoms with Gasteiger partial charge in [-0.15, -0.1) is 11.3 Å². The number of halogens is 2. The van der Waals surface area contributed by atoms with Crippen LogP contribution in [0.5, 0.6) is 0 Å². The van der Waals surface area contributed by atoms with E-state index in [1.165, 1.54) is 39.9 Å². The van der Waals surface area contributed by atoms with E-state index in [0.717, 1.165) is 11.1 Å². The van der Waals surface area contributed by atoms with Gasteiger partial charge in [-0.2, -0.15) is 9.97 Å². The zero-order valence-corrected chi connectivity index (χ0v) is 24.6. The number of nitrogen functional groups attached to an aromatic ring is 1. The number of thiazole rings is 1. The summed E-state index contributed by atoms with van der Waals surface area (Å²) in [4.78, 5) is 40.2. The van der Waals surface area contributed by atoms with Crippen molar-refractivity contribution >= 4 is 51.9 Å². The van der Waals surface area contributed by atoms with E-state index in [9.17, 15) is 19.8 Å². The number of aliphatic hydroxyl groups is 1. The summed E-state index contributed by atoms with van der Waals surface area (Å²) >= 11 is 7.10. The number of nitrogens with two attached hydrogens (primary N) is 1. The molecule has 232 valence electrons. The van der Waals surface area contributed by atoms with Crippen molar-refractivity contribution in [1.82, 2.24) is 24.5 Å². The Morgan fingerprint density at radius 1 is 1.09 bits per heavy atom. The van der Waals surface area contributed by atoms with Gasteiger partial charge in [0.15, 0.2) is 23.9 Å². The van der Waals surface area contributed by atoms with E-state index in [4.69, 9.17) is 31.9 Å². The lowest BCUT2D eigenvalue weighted by atomic mass is 9.90. The predicted octanol–water partition coefficient (Wildman–Crippen LogP) is 3.72. The molecule has 1 fully saturated rings. The fraction of sp³-hybridized carbons (Fsp3) is 0.241.